The molecule has 80 valence electrons. The van der Waals surface area contributed by atoms with Gasteiger partial charge in [0.1, 0.15) is 5.15 Å². The van der Waals surface area contributed by atoms with E-state index in [0.29, 0.717) is 5.69 Å². The second-order valence-corrected chi connectivity index (χ2v) is 3.67. The third-order valence-electron chi connectivity index (χ3n) is 2.23. The van der Waals surface area contributed by atoms with Gasteiger partial charge in [-0.2, -0.15) is 0 Å². The Morgan fingerprint density at radius 3 is 2.25 bits per heavy atom. The van der Waals surface area contributed by atoms with Crippen molar-refractivity contribution in [3.63, 3.8) is 0 Å². The van der Waals surface area contributed by atoms with Gasteiger partial charge in [-0.1, -0.05) is 48.0 Å². The van der Waals surface area contributed by atoms with Crippen LogP contribution in [0, 0.1) is 0 Å². The minimum absolute atomic E-state index is 0.108. The van der Waals surface area contributed by atoms with Crippen molar-refractivity contribution in [3.8, 4) is 11.3 Å². The quantitative estimate of drug-likeness (QED) is 0.603. The third kappa shape index (κ3) is 2.24. The molecule has 0 spiro atoms. The van der Waals surface area contributed by atoms with Crippen LogP contribution in [0.1, 0.15) is 0 Å². The van der Waals surface area contributed by atoms with Gasteiger partial charge >= 0.3 is 7.12 Å². The topological polar surface area (TPSA) is 53.4 Å². The Balaban J connectivity index is 2.43. The molecular formula is C11H9BClNO2. The molecule has 0 radical (unpaired) electrons. The minimum atomic E-state index is -1.59. The largest absolute Gasteiger partial charge is 0.491 e. The predicted molar refractivity (Wildman–Crippen MR) is 64.5 cm³/mol. The van der Waals surface area contributed by atoms with Gasteiger partial charge < -0.3 is 10.0 Å². The third-order valence-corrected chi connectivity index (χ3v) is 2.53. The second-order valence-electron chi connectivity index (χ2n) is 3.32. The van der Waals surface area contributed by atoms with Crippen LogP contribution >= 0.6 is 11.6 Å². The fourth-order valence-corrected chi connectivity index (χ4v) is 1.66. The van der Waals surface area contributed by atoms with Crippen LogP contribution in [-0.2, 0) is 0 Å². The molecule has 0 amide bonds. The first kappa shape index (κ1) is 11.1. The Morgan fingerprint density at radius 1 is 1.00 bits per heavy atom. The highest BCUT2D eigenvalue weighted by Gasteiger charge is 2.16. The summed E-state index contributed by atoms with van der Waals surface area (Å²) < 4.78 is 0. The van der Waals surface area contributed by atoms with Crippen LogP contribution in [0.2, 0.25) is 5.15 Å². The lowest BCUT2D eigenvalue weighted by Gasteiger charge is -2.05. The van der Waals surface area contributed by atoms with Gasteiger partial charge in [-0.25, -0.2) is 4.98 Å². The zero-order chi connectivity index (χ0) is 11.5. The molecule has 0 aliphatic heterocycles. The molecule has 2 N–H and O–H groups in total. The number of hydrogen-bond acceptors (Lipinski definition) is 3. The van der Waals surface area contributed by atoms with Gasteiger partial charge in [0, 0.05) is 11.0 Å². The van der Waals surface area contributed by atoms with E-state index >= 15 is 0 Å². The van der Waals surface area contributed by atoms with Gasteiger partial charge in [0.25, 0.3) is 0 Å². The molecule has 0 unspecified atom stereocenters. The fraction of sp³-hybridized carbons (Fsp3) is 0. The van der Waals surface area contributed by atoms with E-state index in [1.165, 1.54) is 0 Å². The van der Waals surface area contributed by atoms with Gasteiger partial charge in [-0.15, -0.1) is 0 Å². The Hall–Kier alpha value is -1.36. The van der Waals surface area contributed by atoms with Crippen LogP contribution in [-0.4, -0.2) is 22.2 Å². The molecule has 1 heterocycles. The molecule has 0 aliphatic rings. The molecule has 0 bridgehead atoms. The highest BCUT2D eigenvalue weighted by molar-refractivity contribution is 6.62. The maximum absolute atomic E-state index is 9.00. The SMILES string of the molecule is OB(O)c1ccc(-c2ccccc2)nc1Cl. The number of hydrogen-bond donors (Lipinski definition) is 2. The molecule has 1 aromatic heterocycles. The molecular weight excluding hydrogens is 224 g/mol. The maximum atomic E-state index is 9.00. The van der Waals surface area contributed by atoms with Crippen molar-refractivity contribution in [2.24, 2.45) is 0 Å². The first-order chi connectivity index (χ1) is 7.68. The summed E-state index contributed by atoms with van der Waals surface area (Å²) in [6.45, 7) is 0. The number of nitrogens with zero attached hydrogens (tertiary/aromatic N) is 1. The summed E-state index contributed by atoms with van der Waals surface area (Å²) >= 11 is 5.84. The number of pyridine rings is 1. The van der Waals surface area contributed by atoms with E-state index in [0.717, 1.165) is 5.56 Å². The number of halogens is 1. The average Bonchev–Trinajstić information content (AvgIpc) is 2.29. The maximum Gasteiger partial charge on any atom is 0.491 e. The van der Waals surface area contributed by atoms with Crippen molar-refractivity contribution in [2.45, 2.75) is 0 Å². The summed E-state index contributed by atoms with van der Waals surface area (Å²) in [6.07, 6.45) is 0. The summed E-state index contributed by atoms with van der Waals surface area (Å²) in [5, 5.41) is 18.1. The van der Waals surface area contributed by atoms with E-state index < -0.39 is 7.12 Å². The van der Waals surface area contributed by atoms with Gasteiger partial charge in [0.05, 0.1) is 5.69 Å². The molecule has 16 heavy (non-hydrogen) atoms. The Labute approximate surface area is 98.5 Å². The molecule has 0 atom stereocenters. The van der Waals surface area contributed by atoms with Crippen molar-refractivity contribution >= 4 is 24.2 Å². The summed E-state index contributed by atoms with van der Waals surface area (Å²) in [4.78, 5) is 4.11. The molecule has 0 saturated carbocycles. The van der Waals surface area contributed by atoms with Gasteiger partial charge in [0.15, 0.2) is 0 Å². The first-order valence-corrected chi connectivity index (χ1v) is 5.14. The average molecular weight is 233 g/mol. The van der Waals surface area contributed by atoms with E-state index in [1.807, 2.05) is 30.3 Å². The monoisotopic (exact) mass is 233 g/mol. The van der Waals surface area contributed by atoms with Crippen LogP contribution in [0.25, 0.3) is 11.3 Å². The van der Waals surface area contributed by atoms with E-state index in [4.69, 9.17) is 21.6 Å². The lowest BCUT2D eigenvalue weighted by atomic mass is 9.81. The summed E-state index contributed by atoms with van der Waals surface area (Å²) in [5.41, 5.74) is 1.85. The van der Waals surface area contributed by atoms with Crippen molar-refractivity contribution in [1.29, 1.82) is 0 Å². The molecule has 2 rings (SSSR count). The van der Waals surface area contributed by atoms with E-state index in [2.05, 4.69) is 4.98 Å². The van der Waals surface area contributed by atoms with Gasteiger partial charge in [-0.3, -0.25) is 0 Å². The molecule has 1 aromatic carbocycles. The Morgan fingerprint density at radius 2 is 1.69 bits per heavy atom. The zero-order valence-corrected chi connectivity index (χ0v) is 9.09. The molecule has 3 nitrogen and oxygen atoms in total. The van der Waals surface area contributed by atoms with Crippen LogP contribution < -0.4 is 5.46 Å². The van der Waals surface area contributed by atoms with E-state index in [-0.39, 0.29) is 10.6 Å². The Bertz CT molecular complexity index is 491. The van der Waals surface area contributed by atoms with Crippen LogP contribution in [0.4, 0.5) is 0 Å². The van der Waals surface area contributed by atoms with Crippen molar-refractivity contribution in [1.82, 2.24) is 4.98 Å². The first-order valence-electron chi connectivity index (χ1n) is 4.76. The lowest BCUT2D eigenvalue weighted by Crippen LogP contribution is -2.31. The molecule has 0 aliphatic carbocycles. The Kier molecular flexibility index (Phi) is 3.24. The van der Waals surface area contributed by atoms with Crippen LogP contribution in [0.3, 0.4) is 0 Å². The van der Waals surface area contributed by atoms with Gasteiger partial charge in [0.2, 0.25) is 0 Å². The second kappa shape index (κ2) is 4.66. The van der Waals surface area contributed by atoms with Crippen LogP contribution in [0.5, 0.6) is 0 Å². The number of aromatic nitrogens is 1. The smallest absolute Gasteiger partial charge is 0.423 e. The summed E-state index contributed by atoms with van der Waals surface area (Å²) in [6, 6.07) is 12.8. The van der Waals surface area contributed by atoms with Crippen molar-refractivity contribution in [2.75, 3.05) is 0 Å². The van der Waals surface area contributed by atoms with E-state index in [9.17, 15) is 0 Å². The van der Waals surface area contributed by atoms with Crippen molar-refractivity contribution in [3.05, 3.63) is 47.6 Å². The molecule has 2 aromatic rings. The summed E-state index contributed by atoms with van der Waals surface area (Å²) in [7, 11) is -1.59. The highest BCUT2D eigenvalue weighted by Crippen LogP contribution is 2.17. The zero-order valence-electron chi connectivity index (χ0n) is 8.34. The predicted octanol–water partition coefficient (Wildman–Crippen LogP) is 1.08. The standard InChI is InChI=1S/C11H9BClNO2/c13-11-9(12(15)16)6-7-10(14-11)8-4-2-1-3-5-8/h1-7,15-16H. The molecule has 0 saturated heterocycles. The number of benzene rings is 1. The fourth-order valence-electron chi connectivity index (χ4n) is 1.41. The molecule has 5 heteroatoms. The van der Waals surface area contributed by atoms with Crippen LogP contribution in [0.15, 0.2) is 42.5 Å². The lowest BCUT2D eigenvalue weighted by molar-refractivity contribution is 0.425. The van der Waals surface area contributed by atoms with Gasteiger partial charge in [-0.05, 0) is 6.07 Å². The number of rotatable bonds is 2. The molecule has 0 fully saturated rings. The minimum Gasteiger partial charge on any atom is -0.423 e. The van der Waals surface area contributed by atoms with Crippen molar-refractivity contribution < 1.29 is 10.0 Å². The highest BCUT2D eigenvalue weighted by atomic mass is 35.5. The normalized spacial score (nSPS) is 10.2. The summed E-state index contributed by atoms with van der Waals surface area (Å²) in [5.74, 6) is 0. The van der Waals surface area contributed by atoms with E-state index in [1.54, 1.807) is 12.1 Å².